The Morgan fingerprint density at radius 1 is 1.35 bits per heavy atom. The van der Waals surface area contributed by atoms with Gasteiger partial charge in [-0.1, -0.05) is 0 Å². The second-order valence-corrected chi connectivity index (χ2v) is 3.53. The van der Waals surface area contributed by atoms with Crippen molar-refractivity contribution in [1.29, 1.82) is 0 Å². The highest BCUT2D eigenvalue weighted by Crippen LogP contribution is 2.32. The fourth-order valence-electron chi connectivity index (χ4n) is 1.61. The van der Waals surface area contributed by atoms with Crippen LogP contribution in [0.1, 0.15) is 15.9 Å². The molecule has 5 nitrogen and oxygen atoms in total. The number of hydrogen-bond donors (Lipinski definition) is 2. The molecule has 0 aliphatic rings. The second kappa shape index (κ2) is 6.10. The SMILES string of the molecule is CNCCc1cc(C(=O)O)cc(OC)c1OC. The summed E-state index contributed by atoms with van der Waals surface area (Å²) in [7, 11) is 4.87. The fraction of sp³-hybridized carbons (Fsp3) is 0.417. The highest BCUT2D eigenvalue weighted by atomic mass is 16.5. The van der Waals surface area contributed by atoms with Gasteiger partial charge < -0.3 is 19.9 Å². The first-order valence-corrected chi connectivity index (χ1v) is 5.26. The number of carboxylic acids is 1. The maximum absolute atomic E-state index is 11.0. The largest absolute Gasteiger partial charge is 0.493 e. The number of rotatable bonds is 6. The van der Waals surface area contributed by atoms with E-state index in [2.05, 4.69) is 5.32 Å². The van der Waals surface area contributed by atoms with Crippen molar-refractivity contribution in [1.82, 2.24) is 5.32 Å². The van der Waals surface area contributed by atoms with Gasteiger partial charge in [-0.2, -0.15) is 0 Å². The van der Waals surface area contributed by atoms with E-state index < -0.39 is 5.97 Å². The monoisotopic (exact) mass is 239 g/mol. The highest BCUT2D eigenvalue weighted by Gasteiger charge is 2.15. The number of benzene rings is 1. The molecule has 0 amide bonds. The smallest absolute Gasteiger partial charge is 0.335 e. The summed E-state index contributed by atoms with van der Waals surface area (Å²) < 4.78 is 10.4. The molecule has 5 heteroatoms. The van der Waals surface area contributed by atoms with E-state index in [1.165, 1.54) is 13.2 Å². The minimum Gasteiger partial charge on any atom is -0.493 e. The first kappa shape index (κ1) is 13.3. The van der Waals surface area contributed by atoms with Crippen LogP contribution in [0.15, 0.2) is 12.1 Å². The molecule has 17 heavy (non-hydrogen) atoms. The van der Waals surface area contributed by atoms with Crippen molar-refractivity contribution in [2.75, 3.05) is 27.8 Å². The van der Waals surface area contributed by atoms with E-state index >= 15 is 0 Å². The average Bonchev–Trinajstić information content (AvgIpc) is 2.34. The first-order chi connectivity index (χ1) is 8.13. The number of methoxy groups -OCH3 is 2. The van der Waals surface area contributed by atoms with E-state index in [0.29, 0.717) is 17.9 Å². The summed E-state index contributed by atoms with van der Waals surface area (Å²) in [6, 6.07) is 3.07. The number of hydrogen-bond acceptors (Lipinski definition) is 4. The Kier molecular flexibility index (Phi) is 4.78. The lowest BCUT2D eigenvalue weighted by Gasteiger charge is -2.13. The van der Waals surface area contributed by atoms with Gasteiger partial charge in [-0.15, -0.1) is 0 Å². The maximum Gasteiger partial charge on any atom is 0.335 e. The van der Waals surface area contributed by atoms with E-state index in [4.69, 9.17) is 14.6 Å². The van der Waals surface area contributed by atoms with Gasteiger partial charge in [-0.3, -0.25) is 0 Å². The van der Waals surface area contributed by atoms with Crippen LogP contribution in [0.25, 0.3) is 0 Å². The Morgan fingerprint density at radius 2 is 2.06 bits per heavy atom. The third kappa shape index (κ3) is 3.10. The van der Waals surface area contributed by atoms with Crippen LogP contribution in [0.2, 0.25) is 0 Å². The van der Waals surface area contributed by atoms with Crippen molar-refractivity contribution in [3.8, 4) is 11.5 Å². The molecule has 0 spiro atoms. The van der Waals surface area contributed by atoms with Crippen LogP contribution >= 0.6 is 0 Å². The summed E-state index contributed by atoms with van der Waals surface area (Å²) in [5.41, 5.74) is 1.02. The normalized spacial score (nSPS) is 10.1. The Hall–Kier alpha value is -1.75. The number of carbonyl (C=O) groups is 1. The summed E-state index contributed by atoms with van der Waals surface area (Å²) >= 11 is 0. The van der Waals surface area contributed by atoms with Crippen molar-refractivity contribution >= 4 is 5.97 Å². The Balaban J connectivity index is 3.21. The minimum atomic E-state index is -0.975. The van der Waals surface area contributed by atoms with Crippen LogP contribution in [-0.4, -0.2) is 38.9 Å². The van der Waals surface area contributed by atoms with Crippen LogP contribution in [0.5, 0.6) is 11.5 Å². The van der Waals surface area contributed by atoms with Crippen molar-refractivity contribution in [3.63, 3.8) is 0 Å². The summed E-state index contributed by atoms with van der Waals surface area (Å²) in [5, 5.41) is 12.0. The van der Waals surface area contributed by atoms with E-state index in [1.54, 1.807) is 13.2 Å². The summed E-state index contributed by atoms with van der Waals surface area (Å²) in [6.07, 6.45) is 0.678. The summed E-state index contributed by atoms with van der Waals surface area (Å²) in [5.74, 6) is 0.0583. The van der Waals surface area contributed by atoms with E-state index in [1.807, 2.05) is 7.05 Å². The Labute approximate surface area is 100 Å². The zero-order valence-electron chi connectivity index (χ0n) is 10.2. The summed E-state index contributed by atoms with van der Waals surface area (Å²) in [6.45, 7) is 0.739. The van der Waals surface area contributed by atoms with Crippen molar-refractivity contribution in [2.24, 2.45) is 0 Å². The van der Waals surface area contributed by atoms with Gasteiger partial charge in [0.2, 0.25) is 0 Å². The molecule has 1 rings (SSSR count). The molecule has 0 aliphatic heterocycles. The number of likely N-dealkylation sites (N-methyl/N-ethyl adjacent to an activating group) is 1. The topological polar surface area (TPSA) is 67.8 Å². The van der Waals surface area contributed by atoms with Crippen LogP contribution < -0.4 is 14.8 Å². The Morgan fingerprint density at radius 3 is 2.53 bits per heavy atom. The molecule has 0 fully saturated rings. The zero-order valence-corrected chi connectivity index (χ0v) is 10.2. The number of carboxylic acid groups (broad SMARTS) is 1. The van der Waals surface area contributed by atoms with E-state index in [9.17, 15) is 4.79 Å². The molecule has 2 N–H and O–H groups in total. The lowest BCUT2D eigenvalue weighted by Crippen LogP contribution is -2.12. The van der Waals surface area contributed by atoms with Crippen LogP contribution in [0, 0.1) is 0 Å². The van der Waals surface area contributed by atoms with Gasteiger partial charge in [-0.25, -0.2) is 4.79 Å². The van der Waals surface area contributed by atoms with Crippen LogP contribution in [0.4, 0.5) is 0 Å². The second-order valence-electron chi connectivity index (χ2n) is 3.53. The molecule has 0 aliphatic carbocycles. The average molecular weight is 239 g/mol. The number of aromatic carboxylic acids is 1. The van der Waals surface area contributed by atoms with Gasteiger partial charge in [0.1, 0.15) is 0 Å². The molecule has 0 heterocycles. The van der Waals surface area contributed by atoms with Gasteiger partial charge in [0.15, 0.2) is 11.5 Å². The maximum atomic E-state index is 11.0. The molecule has 0 unspecified atom stereocenters. The van der Waals surface area contributed by atoms with Crippen LogP contribution in [0.3, 0.4) is 0 Å². The van der Waals surface area contributed by atoms with Crippen molar-refractivity contribution in [2.45, 2.75) is 6.42 Å². The summed E-state index contributed by atoms with van der Waals surface area (Å²) in [4.78, 5) is 11.0. The predicted molar refractivity (Wildman–Crippen MR) is 64.1 cm³/mol. The molecule has 0 aromatic heterocycles. The minimum absolute atomic E-state index is 0.203. The number of ether oxygens (including phenoxy) is 2. The van der Waals surface area contributed by atoms with Crippen molar-refractivity contribution < 1.29 is 19.4 Å². The highest BCUT2D eigenvalue weighted by molar-refractivity contribution is 5.89. The van der Waals surface area contributed by atoms with E-state index in [0.717, 1.165) is 12.1 Å². The molecule has 94 valence electrons. The van der Waals surface area contributed by atoms with E-state index in [-0.39, 0.29) is 5.56 Å². The lowest BCUT2D eigenvalue weighted by molar-refractivity contribution is 0.0696. The first-order valence-electron chi connectivity index (χ1n) is 5.26. The molecule has 1 aromatic carbocycles. The third-order valence-electron chi connectivity index (χ3n) is 2.45. The molecule has 0 radical (unpaired) electrons. The molecule has 1 aromatic rings. The standard InChI is InChI=1S/C12H17NO4/c1-13-5-4-8-6-9(12(14)15)7-10(16-2)11(8)17-3/h6-7,13H,4-5H2,1-3H3,(H,14,15). The van der Waals surface area contributed by atoms with Gasteiger partial charge in [-0.05, 0) is 32.1 Å². The van der Waals surface area contributed by atoms with Crippen LogP contribution in [-0.2, 0) is 6.42 Å². The molecule has 0 saturated heterocycles. The number of nitrogens with one attached hydrogen (secondary N) is 1. The van der Waals surface area contributed by atoms with Gasteiger partial charge in [0.25, 0.3) is 0 Å². The molecule has 0 saturated carbocycles. The van der Waals surface area contributed by atoms with Gasteiger partial charge in [0, 0.05) is 5.56 Å². The molecule has 0 bridgehead atoms. The van der Waals surface area contributed by atoms with Gasteiger partial charge >= 0.3 is 5.97 Å². The Bertz CT molecular complexity index is 404. The third-order valence-corrected chi connectivity index (χ3v) is 2.45. The fourth-order valence-corrected chi connectivity index (χ4v) is 1.61. The quantitative estimate of drug-likeness (QED) is 0.779. The lowest BCUT2D eigenvalue weighted by atomic mass is 10.1. The predicted octanol–water partition coefficient (Wildman–Crippen LogP) is 1.16. The molecule has 0 atom stereocenters. The van der Waals surface area contributed by atoms with Gasteiger partial charge in [0.05, 0.1) is 19.8 Å². The van der Waals surface area contributed by atoms with Crippen molar-refractivity contribution in [3.05, 3.63) is 23.3 Å². The molecular weight excluding hydrogens is 222 g/mol. The molecular formula is C12H17NO4. The zero-order chi connectivity index (χ0) is 12.8.